The molecule has 0 bridgehead atoms. The van der Waals surface area contributed by atoms with E-state index >= 15 is 0 Å². The Morgan fingerprint density at radius 1 is 1.38 bits per heavy atom. The highest BCUT2D eigenvalue weighted by Crippen LogP contribution is 2.32. The molecule has 0 aromatic carbocycles. The van der Waals surface area contributed by atoms with Crippen molar-refractivity contribution >= 4 is 34.4 Å². The maximum absolute atomic E-state index is 14.7. The van der Waals surface area contributed by atoms with Crippen molar-refractivity contribution in [3.63, 3.8) is 0 Å². The van der Waals surface area contributed by atoms with Gasteiger partial charge in [-0.2, -0.15) is 13.2 Å². The number of methoxy groups -OCH3 is 1. The third-order valence-corrected chi connectivity index (χ3v) is 5.30. The Morgan fingerprint density at radius 3 is 2.88 bits per heavy atom. The van der Waals surface area contributed by atoms with E-state index in [1.54, 1.807) is 12.3 Å². The first kappa shape index (κ1) is 22.2. The number of pyridine rings is 1. The first-order valence-corrected chi connectivity index (χ1v) is 9.83. The van der Waals surface area contributed by atoms with E-state index in [1.807, 2.05) is 5.32 Å². The van der Waals surface area contributed by atoms with Crippen LogP contribution in [-0.2, 0) is 9.53 Å². The van der Waals surface area contributed by atoms with Crippen LogP contribution in [0, 0.1) is 5.82 Å². The molecule has 2 atom stereocenters. The van der Waals surface area contributed by atoms with Gasteiger partial charge in [-0.25, -0.2) is 19.3 Å². The van der Waals surface area contributed by atoms with Crippen molar-refractivity contribution in [3.8, 4) is 11.4 Å². The topological polar surface area (TPSA) is 96.0 Å². The summed E-state index contributed by atoms with van der Waals surface area (Å²) in [5, 5.41) is 2.83. The normalized spacial score (nSPS) is 19.0. The maximum atomic E-state index is 14.7. The SMILES string of the molecule is CO[C@@H]1C[C@H](C(=O)NCC(F)(F)F)N(c2nc(-c3c[nH]c4ncc(Cl)cc34)ncc2F)C1. The number of nitrogens with one attached hydrogen (secondary N) is 2. The van der Waals surface area contributed by atoms with E-state index in [1.165, 1.54) is 18.2 Å². The second-order valence-electron chi connectivity index (χ2n) is 7.21. The standard InChI is InChI=1S/C19H17ClF4N6O2/c1-32-10-3-14(18(31)28-8-19(22,23)24)30(7-10)17-13(21)6-27-16(29-17)12-5-26-15-11(12)2-9(20)4-25-15/h2,4-6,10,14H,3,7-8H2,1H3,(H,25,26)(H,28,31)/t10-,14-/m1/s1. The zero-order chi connectivity index (χ0) is 23.0. The second-order valence-corrected chi connectivity index (χ2v) is 7.65. The Morgan fingerprint density at radius 2 is 2.16 bits per heavy atom. The molecule has 8 nitrogen and oxygen atoms in total. The number of fused-ring (bicyclic) bond motifs is 1. The van der Waals surface area contributed by atoms with Gasteiger partial charge < -0.3 is 19.9 Å². The highest BCUT2D eigenvalue weighted by Gasteiger charge is 2.40. The number of ether oxygens (including phenoxy) is 1. The van der Waals surface area contributed by atoms with Crippen molar-refractivity contribution in [2.24, 2.45) is 0 Å². The predicted molar refractivity (Wildman–Crippen MR) is 108 cm³/mol. The summed E-state index contributed by atoms with van der Waals surface area (Å²) in [6.07, 6.45) is -1.01. The summed E-state index contributed by atoms with van der Waals surface area (Å²) in [6, 6.07) is 0.547. The number of carbonyl (C=O) groups excluding carboxylic acids is 1. The number of nitrogens with zero attached hydrogens (tertiary/aromatic N) is 4. The van der Waals surface area contributed by atoms with Gasteiger partial charge in [0.25, 0.3) is 0 Å². The molecule has 0 aliphatic carbocycles. The van der Waals surface area contributed by atoms with E-state index in [-0.39, 0.29) is 24.6 Å². The zero-order valence-electron chi connectivity index (χ0n) is 16.6. The Hall–Kier alpha value is -2.99. The first-order chi connectivity index (χ1) is 15.2. The van der Waals surface area contributed by atoms with Crippen molar-refractivity contribution in [2.45, 2.75) is 24.7 Å². The van der Waals surface area contributed by atoms with Crippen LogP contribution in [0.5, 0.6) is 0 Å². The molecular weight excluding hydrogens is 456 g/mol. The summed E-state index contributed by atoms with van der Waals surface area (Å²) in [6.45, 7) is -1.43. The van der Waals surface area contributed by atoms with Gasteiger partial charge in [-0.1, -0.05) is 11.6 Å². The Labute approximate surface area is 184 Å². The number of carbonyl (C=O) groups is 1. The molecule has 2 N–H and O–H groups in total. The van der Waals surface area contributed by atoms with Crippen LogP contribution in [0.4, 0.5) is 23.4 Å². The van der Waals surface area contributed by atoms with Crippen LogP contribution >= 0.6 is 11.6 Å². The Balaban J connectivity index is 1.69. The lowest BCUT2D eigenvalue weighted by Crippen LogP contribution is -2.46. The largest absolute Gasteiger partial charge is 0.405 e. The molecule has 0 radical (unpaired) electrons. The number of hydrogen-bond acceptors (Lipinski definition) is 6. The molecule has 4 rings (SSSR count). The molecule has 0 unspecified atom stereocenters. The van der Waals surface area contributed by atoms with Crippen LogP contribution in [0.25, 0.3) is 22.4 Å². The molecule has 1 saturated heterocycles. The van der Waals surface area contributed by atoms with E-state index in [2.05, 4.69) is 19.9 Å². The zero-order valence-corrected chi connectivity index (χ0v) is 17.3. The van der Waals surface area contributed by atoms with Crippen molar-refractivity contribution in [2.75, 3.05) is 25.1 Å². The number of aromatic nitrogens is 4. The van der Waals surface area contributed by atoms with E-state index in [0.29, 0.717) is 21.6 Å². The second kappa shape index (κ2) is 8.51. The van der Waals surface area contributed by atoms with Gasteiger partial charge in [0.1, 0.15) is 18.2 Å². The molecule has 3 aromatic heterocycles. The lowest BCUT2D eigenvalue weighted by atomic mass is 10.2. The van der Waals surface area contributed by atoms with Crippen LogP contribution in [0.3, 0.4) is 0 Å². The molecule has 1 fully saturated rings. The van der Waals surface area contributed by atoms with Gasteiger partial charge in [-0.15, -0.1) is 0 Å². The lowest BCUT2D eigenvalue weighted by molar-refractivity contribution is -0.139. The van der Waals surface area contributed by atoms with Gasteiger partial charge in [0, 0.05) is 43.4 Å². The number of alkyl halides is 3. The molecule has 13 heteroatoms. The Kier molecular flexibility index (Phi) is 5.91. The van der Waals surface area contributed by atoms with Crippen LogP contribution in [0.15, 0.2) is 24.7 Å². The first-order valence-electron chi connectivity index (χ1n) is 9.45. The van der Waals surface area contributed by atoms with Crippen molar-refractivity contribution in [1.82, 2.24) is 25.3 Å². The number of hydrogen-bond donors (Lipinski definition) is 2. The molecule has 32 heavy (non-hydrogen) atoms. The summed E-state index contributed by atoms with van der Waals surface area (Å²) in [5.41, 5.74) is 1.01. The number of aromatic amines is 1. The quantitative estimate of drug-likeness (QED) is 0.554. The fourth-order valence-electron chi connectivity index (χ4n) is 3.61. The molecule has 4 heterocycles. The smallest absolute Gasteiger partial charge is 0.380 e. The highest BCUT2D eigenvalue weighted by molar-refractivity contribution is 6.31. The number of amides is 1. The number of anilines is 1. The van der Waals surface area contributed by atoms with Crippen molar-refractivity contribution in [1.29, 1.82) is 0 Å². The molecular formula is C19H17ClF4N6O2. The maximum Gasteiger partial charge on any atom is 0.405 e. The minimum absolute atomic E-state index is 0.0647. The summed E-state index contributed by atoms with van der Waals surface area (Å²) in [5.74, 6) is -1.81. The van der Waals surface area contributed by atoms with Crippen LogP contribution < -0.4 is 10.2 Å². The third kappa shape index (κ3) is 4.46. The Bertz CT molecular complexity index is 1150. The number of halogens is 5. The van der Waals surface area contributed by atoms with Crippen molar-refractivity contribution < 1.29 is 27.1 Å². The fraction of sp³-hybridized carbons (Fsp3) is 0.368. The summed E-state index contributed by atoms with van der Waals surface area (Å²) in [4.78, 5) is 29.2. The van der Waals surface area contributed by atoms with E-state index in [4.69, 9.17) is 16.3 Å². The summed E-state index contributed by atoms with van der Waals surface area (Å²) < 4.78 is 57.6. The van der Waals surface area contributed by atoms with Gasteiger partial charge >= 0.3 is 6.18 Å². The van der Waals surface area contributed by atoms with Crippen molar-refractivity contribution in [3.05, 3.63) is 35.5 Å². The number of rotatable bonds is 5. The van der Waals surface area contributed by atoms with Gasteiger partial charge in [0.15, 0.2) is 17.5 Å². The fourth-order valence-corrected chi connectivity index (χ4v) is 3.77. The molecule has 3 aromatic rings. The van der Waals surface area contributed by atoms with E-state index in [9.17, 15) is 22.4 Å². The molecule has 1 aliphatic rings. The monoisotopic (exact) mass is 472 g/mol. The van der Waals surface area contributed by atoms with Gasteiger partial charge in [-0.05, 0) is 6.07 Å². The van der Waals surface area contributed by atoms with Crippen LogP contribution in [0.1, 0.15) is 6.42 Å². The lowest BCUT2D eigenvalue weighted by Gasteiger charge is -2.25. The number of H-pyrrole nitrogens is 1. The van der Waals surface area contributed by atoms with E-state index in [0.717, 1.165) is 6.20 Å². The van der Waals surface area contributed by atoms with Crippen LogP contribution in [0.2, 0.25) is 5.02 Å². The summed E-state index contributed by atoms with van der Waals surface area (Å²) >= 11 is 6.02. The van der Waals surface area contributed by atoms with Crippen LogP contribution in [-0.4, -0.2) is 64.4 Å². The molecule has 1 aliphatic heterocycles. The van der Waals surface area contributed by atoms with Gasteiger partial charge in [-0.3, -0.25) is 4.79 Å². The molecule has 170 valence electrons. The minimum Gasteiger partial charge on any atom is -0.380 e. The highest BCUT2D eigenvalue weighted by atomic mass is 35.5. The predicted octanol–water partition coefficient (Wildman–Crippen LogP) is 3.08. The molecule has 1 amide bonds. The van der Waals surface area contributed by atoms with E-state index < -0.39 is 36.6 Å². The minimum atomic E-state index is -4.57. The molecule has 0 spiro atoms. The third-order valence-electron chi connectivity index (χ3n) is 5.10. The van der Waals surface area contributed by atoms with Gasteiger partial charge in [0.2, 0.25) is 5.91 Å². The molecule has 0 saturated carbocycles. The average Bonchev–Trinajstić information content (AvgIpc) is 3.36. The summed E-state index contributed by atoms with van der Waals surface area (Å²) in [7, 11) is 1.41. The average molecular weight is 473 g/mol. The van der Waals surface area contributed by atoms with Gasteiger partial charge in [0.05, 0.1) is 17.3 Å².